The van der Waals surface area contributed by atoms with Crippen molar-refractivity contribution >= 4 is 17.5 Å². The number of non-ortho nitro benzene ring substituents is 1. The van der Waals surface area contributed by atoms with Gasteiger partial charge in [-0.05, 0) is 6.07 Å². The van der Waals surface area contributed by atoms with Gasteiger partial charge in [0.1, 0.15) is 6.33 Å². The first-order chi connectivity index (χ1) is 8.08. The molecule has 0 amide bonds. The standard InChI is InChI=1S/C9H7N5O3/c10-9-11-5-13(12-9)8(15)6-2-1-3-7(4-6)14(16)17/h1-5H,(H2,10,12). The molecule has 0 aliphatic rings. The fourth-order valence-electron chi connectivity index (χ4n) is 1.26. The number of nitrogen functional groups attached to an aromatic ring is 1. The first-order valence-corrected chi connectivity index (χ1v) is 4.54. The van der Waals surface area contributed by atoms with Gasteiger partial charge in [-0.3, -0.25) is 14.9 Å². The minimum atomic E-state index is -0.577. The molecule has 0 fully saturated rings. The van der Waals surface area contributed by atoms with E-state index in [0.717, 1.165) is 11.0 Å². The van der Waals surface area contributed by atoms with Crippen LogP contribution in [0, 0.1) is 10.1 Å². The quantitative estimate of drug-likeness (QED) is 0.594. The van der Waals surface area contributed by atoms with Gasteiger partial charge in [0.15, 0.2) is 0 Å². The molecule has 2 aromatic rings. The highest BCUT2D eigenvalue weighted by molar-refractivity contribution is 5.95. The van der Waals surface area contributed by atoms with E-state index in [1.54, 1.807) is 0 Å². The molecule has 0 aliphatic carbocycles. The lowest BCUT2D eigenvalue weighted by molar-refractivity contribution is -0.384. The molecule has 1 aromatic heterocycles. The molecule has 2 rings (SSSR count). The van der Waals surface area contributed by atoms with Crippen LogP contribution in [-0.4, -0.2) is 25.6 Å². The molecule has 8 heteroatoms. The molecule has 0 radical (unpaired) electrons. The highest BCUT2D eigenvalue weighted by Gasteiger charge is 2.14. The molecule has 17 heavy (non-hydrogen) atoms. The van der Waals surface area contributed by atoms with Crippen molar-refractivity contribution in [3.8, 4) is 0 Å². The van der Waals surface area contributed by atoms with Crippen LogP contribution >= 0.6 is 0 Å². The van der Waals surface area contributed by atoms with Crippen LogP contribution in [0.5, 0.6) is 0 Å². The fraction of sp³-hybridized carbons (Fsp3) is 0. The Kier molecular flexibility index (Phi) is 2.53. The Morgan fingerprint density at radius 2 is 2.24 bits per heavy atom. The zero-order valence-corrected chi connectivity index (χ0v) is 8.48. The topological polar surface area (TPSA) is 117 Å². The summed E-state index contributed by atoms with van der Waals surface area (Å²) in [4.78, 5) is 25.4. The lowest BCUT2D eigenvalue weighted by atomic mass is 10.2. The second-order valence-electron chi connectivity index (χ2n) is 3.16. The molecule has 86 valence electrons. The summed E-state index contributed by atoms with van der Waals surface area (Å²) in [5.74, 6) is -0.568. The number of carbonyl (C=O) groups excluding carboxylic acids is 1. The number of benzene rings is 1. The van der Waals surface area contributed by atoms with Crippen LogP contribution in [0.25, 0.3) is 0 Å². The third-order valence-electron chi connectivity index (χ3n) is 2.02. The van der Waals surface area contributed by atoms with Gasteiger partial charge in [0.2, 0.25) is 5.95 Å². The number of nitro benzene ring substituents is 1. The van der Waals surface area contributed by atoms with E-state index in [-0.39, 0.29) is 17.2 Å². The van der Waals surface area contributed by atoms with Crippen LogP contribution in [0.1, 0.15) is 10.4 Å². The van der Waals surface area contributed by atoms with E-state index < -0.39 is 10.8 Å². The van der Waals surface area contributed by atoms with Crippen molar-refractivity contribution in [2.24, 2.45) is 0 Å². The summed E-state index contributed by atoms with van der Waals surface area (Å²) < 4.78 is 0.925. The number of carbonyl (C=O) groups is 1. The first kappa shape index (κ1) is 10.7. The number of hydrogen-bond donors (Lipinski definition) is 1. The molecule has 0 bridgehead atoms. The van der Waals surface area contributed by atoms with E-state index in [2.05, 4.69) is 10.1 Å². The van der Waals surface area contributed by atoms with Gasteiger partial charge in [-0.1, -0.05) is 6.07 Å². The maximum Gasteiger partial charge on any atom is 0.279 e. The number of aromatic nitrogens is 3. The first-order valence-electron chi connectivity index (χ1n) is 4.54. The van der Waals surface area contributed by atoms with Gasteiger partial charge < -0.3 is 5.73 Å². The Morgan fingerprint density at radius 1 is 1.47 bits per heavy atom. The number of nitrogens with zero attached hydrogens (tertiary/aromatic N) is 4. The van der Waals surface area contributed by atoms with Gasteiger partial charge >= 0.3 is 0 Å². The van der Waals surface area contributed by atoms with E-state index in [0.29, 0.717) is 0 Å². The van der Waals surface area contributed by atoms with Gasteiger partial charge in [0, 0.05) is 17.7 Å². The largest absolute Gasteiger partial charge is 0.366 e. The van der Waals surface area contributed by atoms with E-state index >= 15 is 0 Å². The normalized spacial score (nSPS) is 10.1. The zero-order chi connectivity index (χ0) is 12.4. The Labute approximate surface area is 94.8 Å². The zero-order valence-electron chi connectivity index (χ0n) is 8.48. The van der Waals surface area contributed by atoms with Gasteiger partial charge in [0.25, 0.3) is 11.6 Å². The van der Waals surface area contributed by atoms with Crippen molar-refractivity contribution in [1.29, 1.82) is 0 Å². The van der Waals surface area contributed by atoms with Crippen LogP contribution < -0.4 is 5.73 Å². The third kappa shape index (κ3) is 2.09. The molecule has 1 aromatic carbocycles. The van der Waals surface area contributed by atoms with Gasteiger partial charge in [-0.2, -0.15) is 4.68 Å². The van der Waals surface area contributed by atoms with Crippen molar-refractivity contribution in [1.82, 2.24) is 14.8 Å². The smallest absolute Gasteiger partial charge is 0.279 e. The molecular weight excluding hydrogens is 226 g/mol. The van der Waals surface area contributed by atoms with Crippen LogP contribution in [0.4, 0.5) is 11.6 Å². The second kappa shape index (κ2) is 4.00. The summed E-state index contributed by atoms with van der Waals surface area (Å²) in [6.45, 7) is 0. The minimum absolute atomic E-state index is 0.0382. The Bertz CT molecular complexity index is 592. The lowest BCUT2D eigenvalue weighted by Gasteiger charge is -1.99. The number of nitrogens with two attached hydrogens (primary N) is 1. The summed E-state index contributed by atoms with van der Waals surface area (Å²) in [5.41, 5.74) is 5.25. The van der Waals surface area contributed by atoms with E-state index in [4.69, 9.17) is 5.73 Å². The number of rotatable bonds is 2. The Morgan fingerprint density at radius 3 is 2.82 bits per heavy atom. The minimum Gasteiger partial charge on any atom is -0.366 e. The van der Waals surface area contributed by atoms with Crippen LogP contribution in [0.2, 0.25) is 0 Å². The van der Waals surface area contributed by atoms with Crippen molar-refractivity contribution in [3.05, 3.63) is 46.3 Å². The van der Waals surface area contributed by atoms with Gasteiger partial charge in [-0.25, -0.2) is 4.98 Å². The molecule has 0 atom stereocenters. The van der Waals surface area contributed by atoms with Crippen LogP contribution in [0.3, 0.4) is 0 Å². The lowest BCUT2D eigenvalue weighted by Crippen LogP contribution is -2.13. The third-order valence-corrected chi connectivity index (χ3v) is 2.02. The van der Waals surface area contributed by atoms with E-state index in [1.807, 2.05) is 0 Å². The summed E-state index contributed by atoms with van der Waals surface area (Å²) in [6, 6.07) is 5.34. The highest BCUT2D eigenvalue weighted by Crippen LogP contribution is 2.13. The molecule has 0 spiro atoms. The van der Waals surface area contributed by atoms with Crippen molar-refractivity contribution in [2.45, 2.75) is 0 Å². The fourth-order valence-corrected chi connectivity index (χ4v) is 1.26. The van der Waals surface area contributed by atoms with Crippen molar-refractivity contribution < 1.29 is 9.72 Å². The SMILES string of the molecule is Nc1ncn(C(=O)c2cccc([N+](=O)[O-])c2)n1. The molecule has 1 heterocycles. The maximum atomic E-state index is 11.8. The number of hydrogen-bond acceptors (Lipinski definition) is 6. The van der Waals surface area contributed by atoms with E-state index in [9.17, 15) is 14.9 Å². The Balaban J connectivity index is 2.37. The van der Waals surface area contributed by atoms with Crippen molar-refractivity contribution in [3.63, 3.8) is 0 Å². The molecule has 0 saturated carbocycles. The average Bonchev–Trinajstić information content (AvgIpc) is 2.75. The molecule has 8 nitrogen and oxygen atoms in total. The number of nitro groups is 1. The number of anilines is 1. The average molecular weight is 233 g/mol. The highest BCUT2D eigenvalue weighted by atomic mass is 16.6. The molecule has 0 aliphatic heterocycles. The van der Waals surface area contributed by atoms with Crippen molar-refractivity contribution in [2.75, 3.05) is 5.73 Å². The summed E-state index contributed by atoms with van der Waals surface area (Å²) in [5, 5.41) is 14.2. The molecular formula is C9H7N5O3. The van der Waals surface area contributed by atoms with Gasteiger partial charge in [-0.15, -0.1) is 5.10 Å². The summed E-state index contributed by atoms with van der Waals surface area (Å²) in [7, 11) is 0. The maximum absolute atomic E-state index is 11.8. The molecule has 2 N–H and O–H groups in total. The molecule has 0 unspecified atom stereocenters. The summed E-state index contributed by atoms with van der Waals surface area (Å²) >= 11 is 0. The Hall–Kier alpha value is -2.77. The molecule has 0 saturated heterocycles. The predicted octanol–water partition coefficient (Wildman–Crippen LogP) is 0.457. The second-order valence-corrected chi connectivity index (χ2v) is 3.16. The summed E-state index contributed by atoms with van der Waals surface area (Å²) in [6.07, 6.45) is 1.15. The van der Waals surface area contributed by atoms with Crippen LogP contribution in [0.15, 0.2) is 30.6 Å². The predicted molar refractivity (Wildman–Crippen MR) is 57.3 cm³/mol. The van der Waals surface area contributed by atoms with Gasteiger partial charge in [0.05, 0.1) is 4.92 Å². The van der Waals surface area contributed by atoms with Crippen LogP contribution in [-0.2, 0) is 0 Å². The monoisotopic (exact) mass is 233 g/mol. The van der Waals surface area contributed by atoms with E-state index in [1.165, 1.54) is 24.3 Å².